The summed E-state index contributed by atoms with van der Waals surface area (Å²) in [7, 11) is 1.63. The highest BCUT2D eigenvalue weighted by molar-refractivity contribution is 7.80. The summed E-state index contributed by atoms with van der Waals surface area (Å²) in [5.74, 6) is 0.799. The lowest BCUT2D eigenvalue weighted by Crippen LogP contribution is -2.09. The van der Waals surface area contributed by atoms with E-state index >= 15 is 0 Å². The van der Waals surface area contributed by atoms with Crippen LogP contribution in [0.2, 0.25) is 0 Å². The second-order valence-electron chi connectivity index (χ2n) is 4.35. The second-order valence-corrected chi connectivity index (χ2v) is 4.79. The minimum Gasteiger partial charge on any atom is -0.497 e. The predicted molar refractivity (Wildman–Crippen MR) is 88.8 cm³/mol. The number of nitriles is 1. The van der Waals surface area contributed by atoms with Crippen LogP contribution in [0.1, 0.15) is 5.56 Å². The Bertz CT molecular complexity index is 727. The first-order chi connectivity index (χ1) is 10.2. The molecule has 0 heterocycles. The van der Waals surface area contributed by atoms with Crippen LogP contribution in [-0.4, -0.2) is 12.1 Å². The maximum absolute atomic E-state index is 9.09. The first-order valence-electron chi connectivity index (χ1n) is 6.30. The molecule has 0 bridgehead atoms. The van der Waals surface area contributed by atoms with E-state index in [4.69, 9.17) is 28.0 Å². The van der Waals surface area contributed by atoms with Crippen molar-refractivity contribution in [3.63, 3.8) is 0 Å². The molecule has 0 atom stereocenters. The van der Waals surface area contributed by atoms with E-state index in [1.165, 1.54) is 0 Å². The van der Waals surface area contributed by atoms with Crippen molar-refractivity contribution >= 4 is 23.3 Å². The smallest absolute Gasteiger partial charge is 0.118 e. The molecule has 21 heavy (non-hydrogen) atoms. The summed E-state index contributed by atoms with van der Waals surface area (Å²) >= 11 is 4.88. The number of hydrogen-bond donors (Lipinski definition) is 1. The third-order valence-corrected chi connectivity index (χ3v) is 3.27. The van der Waals surface area contributed by atoms with Crippen molar-refractivity contribution in [2.75, 3.05) is 7.11 Å². The van der Waals surface area contributed by atoms with E-state index in [1.54, 1.807) is 13.2 Å². The maximum atomic E-state index is 9.09. The number of benzene rings is 2. The van der Waals surface area contributed by atoms with Crippen molar-refractivity contribution in [3.05, 3.63) is 59.7 Å². The fourth-order valence-corrected chi connectivity index (χ4v) is 2.07. The minimum absolute atomic E-state index is 0.0991. The van der Waals surface area contributed by atoms with E-state index in [0.29, 0.717) is 5.57 Å². The van der Waals surface area contributed by atoms with Gasteiger partial charge in [-0.25, -0.2) is 0 Å². The second kappa shape index (κ2) is 6.69. The van der Waals surface area contributed by atoms with Gasteiger partial charge in [0.15, 0.2) is 0 Å². The average molecular weight is 294 g/mol. The van der Waals surface area contributed by atoms with Crippen LogP contribution in [-0.2, 0) is 0 Å². The van der Waals surface area contributed by atoms with Crippen LogP contribution in [0.25, 0.3) is 17.2 Å². The molecule has 0 saturated heterocycles. The highest BCUT2D eigenvalue weighted by atomic mass is 32.1. The molecule has 2 aromatic rings. The molecule has 0 aliphatic carbocycles. The van der Waals surface area contributed by atoms with Crippen LogP contribution < -0.4 is 10.5 Å². The van der Waals surface area contributed by atoms with Crippen molar-refractivity contribution in [2.45, 2.75) is 0 Å². The fraction of sp³-hybridized carbons (Fsp3) is 0.0588. The minimum atomic E-state index is 0.0991. The molecule has 0 aliphatic rings. The molecule has 0 amide bonds. The van der Waals surface area contributed by atoms with Crippen molar-refractivity contribution in [1.82, 2.24) is 0 Å². The summed E-state index contributed by atoms with van der Waals surface area (Å²) in [6.45, 7) is 0. The Labute approximate surface area is 129 Å². The summed E-state index contributed by atoms with van der Waals surface area (Å²) in [6, 6.07) is 17.5. The molecule has 0 fully saturated rings. The molecule has 0 radical (unpaired) electrons. The Morgan fingerprint density at radius 2 is 1.86 bits per heavy atom. The van der Waals surface area contributed by atoms with Crippen molar-refractivity contribution < 1.29 is 4.74 Å². The summed E-state index contributed by atoms with van der Waals surface area (Å²) in [6.07, 6.45) is 1.71. The number of methoxy groups -OCH3 is 1. The Morgan fingerprint density at radius 1 is 1.19 bits per heavy atom. The summed E-state index contributed by atoms with van der Waals surface area (Å²) < 4.78 is 5.16. The van der Waals surface area contributed by atoms with Crippen molar-refractivity contribution in [1.29, 1.82) is 5.26 Å². The van der Waals surface area contributed by atoms with Gasteiger partial charge in [-0.05, 0) is 34.9 Å². The molecule has 0 aliphatic heterocycles. The molecular weight excluding hydrogens is 280 g/mol. The maximum Gasteiger partial charge on any atom is 0.118 e. The molecule has 4 heteroatoms. The van der Waals surface area contributed by atoms with Gasteiger partial charge >= 0.3 is 0 Å². The van der Waals surface area contributed by atoms with Gasteiger partial charge in [0.25, 0.3) is 0 Å². The Hall–Kier alpha value is -2.64. The number of hydrogen-bond acceptors (Lipinski definition) is 3. The van der Waals surface area contributed by atoms with Gasteiger partial charge in [0.2, 0.25) is 0 Å². The van der Waals surface area contributed by atoms with Crippen LogP contribution in [0.4, 0.5) is 0 Å². The molecule has 3 nitrogen and oxygen atoms in total. The lowest BCUT2D eigenvalue weighted by Gasteiger charge is -2.08. The monoisotopic (exact) mass is 294 g/mol. The molecule has 0 unspecified atom stereocenters. The lowest BCUT2D eigenvalue weighted by molar-refractivity contribution is 0.415. The standard InChI is InChI=1S/C17H14N2OS/c1-20-15-8-6-12(7-9-15)16-5-3-2-4-13(16)10-14(11-18)17(19)21/h2-10H,1H3,(H2,19,21)/b14-10+. The van der Waals surface area contributed by atoms with E-state index in [9.17, 15) is 0 Å². The predicted octanol–water partition coefficient (Wildman–Crippen LogP) is 3.56. The van der Waals surface area contributed by atoms with Crippen LogP contribution in [0.5, 0.6) is 5.75 Å². The topological polar surface area (TPSA) is 59.0 Å². The van der Waals surface area contributed by atoms with E-state index < -0.39 is 0 Å². The van der Waals surface area contributed by atoms with Gasteiger partial charge in [0.05, 0.1) is 12.7 Å². The Morgan fingerprint density at radius 3 is 2.43 bits per heavy atom. The SMILES string of the molecule is COc1ccc(-c2ccccc2/C=C(\C#N)C(N)=S)cc1. The number of ether oxygens (including phenoxy) is 1. The molecule has 2 aromatic carbocycles. The highest BCUT2D eigenvalue weighted by Crippen LogP contribution is 2.27. The summed E-state index contributed by atoms with van der Waals surface area (Å²) in [4.78, 5) is 0.0991. The van der Waals surface area contributed by atoms with E-state index in [1.807, 2.05) is 54.6 Å². The first-order valence-corrected chi connectivity index (χ1v) is 6.71. The zero-order chi connectivity index (χ0) is 15.2. The van der Waals surface area contributed by atoms with E-state index in [2.05, 4.69) is 0 Å². The van der Waals surface area contributed by atoms with Gasteiger partial charge in [0, 0.05) is 0 Å². The van der Waals surface area contributed by atoms with Gasteiger partial charge in [-0.1, -0.05) is 48.6 Å². The lowest BCUT2D eigenvalue weighted by atomic mass is 9.98. The third kappa shape index (κ3) is 3.47. The van der Waals surface area contributed by atoms with Gasteiger partial charge in [-0.2, -0.15) is 5.26 Å². The number of nitrogens with two attached hydrogens (primary N) is 1. The molecular formula is C17H14N2OS. The molecule has 104 valence electrons. The van der Waals surface area contributed by atoms with Gasteiger partial charge in [0.1, 0.15) is 16.8 Å². The molecule has 0 aromatic heterocycles. The average Bonchev–Trinajstić information content (AvgIpc) is 2.52. The quantitative estimate of drug-likeness (QED) is 0.532. The number of rotatable bonds is 4. The third-order valence-electron chi connectivity index (χ3n) is 3.05. The number of nitrogens with zero attached hydrogens (tertiary/aromatic N) is 1. The fourth-order valence-electron chi connectivity index (χ4n) is 1.97. The van der Waals surface area contributed by atoms with Crippen LogP contribution >= 0.6 is 12.2 Å². The first kappa shape index (κ1) is 14.8. The normalized spacial score (nSPS) is 10.8. The number of thiocarbonyl (C=S) groups is 1. The van der Waals surface area contributed by atoms with Gasteiger partial charge in [-0.15, -0.1) is 0 Å². The van der Waals surface area contributed by atoms with Crippen LogP contribution in [0, 0.1) is 11.3 Å². The summed E-state index contributed by atoms with van der Waals surface area (Å²) in [5.41, 5.74) is 8.77. The van der Waals surface area contributed by atoms with Crippen LogP contribution in [0.3, 0.4) is 0 Å². The largest absolute Gasteiger partial charge is 0.497 e. The zero-order valence-corrected chi connectivity index (χ0v) is 12.4. The Kier molecular flexibility index (Phi) is 4.70. The molecule has 0 saturated carbocycles. The molecule has 0 spiro atoms. The van der Waals surface area contributed by atoms with E-state index in [-0.39, 0.29) is 4.99 Å². The highest BCUT2D eigenvalue weighted by Gasteiger charge is 2.06. The zero-order valence-electron chi connectivity index (χ0n) is 11.5. The van der Waals surface area contributed by atoms with Crippen molar-refractivity contribution in [2.24, 2.45) is 5.73 Å². The van der Waals surface area contributed by atoms with E-state index in [0.717, 1.165) is 22.4 Å². The van der Waals surface area contributed by atoms with Crippen molar-refractivity contribution in [3.8, 4) is 22.9 Å². The van der Waals surface area contributed by atoms with Gasteiger partial charge < -0.3 is 10.5 Å². The Balaban J connectivity index is 2.50. The van der Waals surface area contributed by atoms with Crippen LogP contribution in [0.15, 0.2) is 54.1 Å². The molecule has 2 N–H and O–H groups in total. The summed E-state index contributed by atoms with van der Waals surface area (Å²) in [5, 5.41) is 9.09. The molecule has 2 rings (SSSR count). The van der Waals surface area contributed by atoms with Gasteiger partial charge in [-0.3, -0.25) is 0 Å².